The Morgan fingerprint density at radius 3 is 3.29 bits per heavy atom. The van der Waals surface area contributed by atoms with E-state index in [0.717, 1.165) is 41.2 Å². The number of likely N-dealkylation sites (N-methyl/N-ethyl adjacent to an activating group) is 1. The van der Waals surface area contributed by atoms with Crippen LogP contribution < -0.4 is 5.32 Å². The number of nitrogens with zero attached hydrogens (tertiary/aromatic N) is 4. The van der Waals surface area contributed by atoms with Crippen LogP contribution >= 0.6 is 11.3 Å². The highest BCUT2D eigenvalue weighted by Gasteiger charge is 2.25. The molecule has 21 heavy (non-hydrogen) atoms. The first kappa shape index (κ1) is 12.9. The molecule has 1 aliphatic heterocycles. The van der Waals surface area contributed by atoms with Gasteiger partial charge in [0.15, 0.2) is 5.82 Å². The second-order valence-corrected chi connectivity index (χ2v) is 6.08. The van der Waals surface area contributed by atoms with Gasteiger partial charge in [-0.15, -0.1) is 11.3 Å². The van der Waals surface area contributed by atoms with Gasteiger partial charge >= 0.3 is 0 Å². The molecule has 3 heterocycles. The summed E-state index contributed by atoms with van der Waals surface area (Å²) in [4.78, 5) is 11.1. The van der Waals surface area contributed by atoms with Gasteiger partial charge in [0.2, 0.25) is 0 Å². The molecule has 108 valence electrons. The maximum Gasteiger partial charge on any atom is 0.258 e. The van der Waals surface area contributed by atoms with Gasteiger partial charge in [-0.2, -0.15) is 4.98 Å². The summed E-state index contributed by atoms with van der Waals surface area (Å²) in [5.41, 5.74) is 3.78. The standard InChI is InChI=1S/C14H15N5OS/c1-19-5-4-15-7-11(19)13-17-14(20-18-13)9-2-3-10-12(6-9)21-8-16-10/h2-3,6,8,11,15H,4-5,7H2,1H3. The fourth-order valence-corrected chi connectivity index (χ4v) is 3.29. The van der Waals surface area contributed by atoms with Crippen LogP contribution in [-0.2, 0) is 0 Å². The summed E-state index contributed by atoms with van der Waals surface area (Å²) in [7, 11) is 2.09. The normalized spacial score (nSPS) is 20.1. The van der Waals surface area contributed by atoms with Crippen molar-refractivity contribution in [2.75, 3.05) is 26.7 Å². The summed E-state index contributed by atoms with van der Waals surface area (Å²) >= 11 is 1.61. The van der Waals surface area contributed by atoms with E-state index >= 15 is 0 Å². The monoisotopic (exact) mass is 301 g/mol. The molecule has 7 heteroatoms. The van der Waals surface area contributed by atoms with E-state index in [0.29, 0.717) is 5.89 Å². The molecule has 0 saturated carbocycles. The second-order valence-electron chi connectivity index (χ2n) is 5.19. The maximum atomic E-state index is 5.45. The molecule has 0 radical (unpaired) electrons. The highest BCUT2D eigenvalue weighted by molar-refractivity contribution is 7.16. The van der Waals surface area contributed by atoms with Crippen LogP contribution in [-0.4, -0.2) is 46.7 Å². The third kappa shape index (κ3) is 2.33. The lowest BCUT2D eigenvalue weighted by atomic mass is 10.2. The molecule has 1 saturated heterocycles. The molecule has 3 aromatic rings. The molecule has 1 aromatic carbocycles. The minimum absolute atomic E-state index is 0.170. The molecule has 1 N–H and O–H groups in total. The first-order chi connectivity index (χ1) is 10.3. The number of benzene rings is 1. The molecule has 1 atom stereocenters. The van der Waals surface area contributed by atoms with E-state index in [9.17, 15) is 0 Å². The van der Waals surface area contributed by atoms with Gasteiger partial charge in [-0.05, 0) is 25.2 Å². The predicted octanol–water partition coefficient (Wildman–Crippen LogP) is 1.92. The zero-order valence-corrected chi connectivity index (χ0v) is 12.4. The molecule has 1 fully saturated rings. The topological polar surface area (TPSA) is 67.1 Å². The van der Waals surface area contributed by atoms with Gasteiger partial charge in [-0.1, -0.05) is 5.16 Å². The average molecular weight is 301 g/mol. The Morgan fingerprint density at radius 1 is 1.43 bits per heavy atom. The third-order valence-electron chi connectivity index (χ3n) is 3.83. The largest absolute Gasteiger partial charge is 0.334 e. The number of aromatic nitrogens is 3. The number of fused-ring (bicyclic) bond motifs is 1. The van der Waals surface area contributed by atoms with Crippen molar-refractivity contribution in [2.24, 2.45) is 0 Å². The summed E-state index contributed by atoms with van der Waals surface area (Å²) in [5, 5.41) is 7.52. The fourth-order valence-electron chi connectivity index (χ4n) is 2.57. The molecule has 4 rings (SSSR count). The van der Waals surface area contributed by atoms with Gasteiger partial charge in [0.05, 0.1) is 21.8 Å². The highest BCUT2D eigenvalue weighted by atomic mass is 32.1. The fraction of sp³-hybridized carbons (Fsp3) is 0.357. The quantitative estimate of drug-likeness (QED) is 0.780. The van der Waals surface area contributed by atoms with Crippen LogP contribution in [0.15, 0.2) is 28.2 Å². The highest BCUT2D eigenvalue weighted by Crippen LogP contribution is 2.27. The van der Waals surface area contributed by atoms with E-state index < -0.39 is 0 Å². The van der Waals surface area contributed by atoms with Crippen LogP contribution in [0.2, 0.25) is 0 Å². The molecule has 0 bridgehead atoms. The van der Waals surface area contributed by atoms with Gasteiger partial charge < -0.3 is 9.84 Å². The zero-order chi connectivity index (χ0) is 14.2. The minimum Gasteiger partial charge on any atom is -0.334 e. The smallest absolute Gasteiger partial charge is 0.258 e. The van der Waals surface area contributed by atoms with Crippen LogP contribution in [0, 0.1) is 0 Å². The number of thiazole rings is 1. The second kappa shape index (κ2) is 5.18. The molecule has 1 aliphatic rings. The lowest BCUT2D eigenvalue weighted by molar-refractivity contribution is 0.190. The van der Waals surface area contributed by atoms with Gasteiger partial charge in [0.25, 0.3) is 5.89 Å². The number of hydrogen-bond donors (Lipinski definition) is 1. The molecular weight excluding hydrogens is 286 g/mol. The van der Waals surface area contributed by atoms with Crippen molar-refractivity contribution >= 4 is 21.6 Å². The minimum atomic E-state index is 0.170. The maximum absolute atomic E-state index is 5.45. The first-order valence-corrected chi connectivity index (χ1v) is 7.77. The summed E-state index contributed by atoms with van der Waals surface area (Å²) in [5.74, 6) is 1.31. The molecule has 0 amide bonds. The molecule has 1 unspecified atom stereocenters. The lowest BCUT2D eigenvalue weighted by Gasteiger charge is -2.30. The molecule has 2 aromatic heterocycles. The van der Waals surface area contributed by atoms with E-state index in [4.69, 9.17) is 4.52 Å². The average Bonchev–Trinajstić information content (AvgIpc) is 3.16. The summed E-state index contributed by atoms with van der Waals surface area (Å²) in [6, 6.07) is 6.18. The first-order valence-electron chi connectivity index (χ1n) is 6.89. The Bertz CT molecular complexity index is 767. The van der Waals surface area contributed by atoms with Crippen LogP contribution in [0.5, 0.6) is 0 Å². The Balaban J connectivity index is 1.66. The lowest BCUT2D eigenvalue weighted by Crippen LogP contribution is -2.44. The van der Waals surface area contributed by atoms with Crippen molar-refractivity contribution in [3.05, 3.63) is 29.5 Å². The molecule has 6 nitrogen and oxygen atoms in total. The summed E-state index contributed by atoms with van der Waals surface area (Å²) in [6.45, 7) is 2.84. The van der Waals surface area contributed by atoms with Crippen LogP contribution in [0.1, 0.15) is 11.9 Å². The number of hydrogen-bond acceptors (Lipinski definition) is 7. The van der Waals surface area contributed by atoms with E-state index in [-0.39, 0.29) is 6.04 Å². The Hall–Kier alpha value is -1.83. The molecule has 0 aliphatic carbocycles. The van der Waals surface area contributed by atoms with Gasteiger partial charge in [-0.3, -0.25) is 4.90 Å². The van der Waals surface area contributed by atoms with Gasteiger partial charge in [0.1, 0.15) is 0 Å². The van der Waals surface area contributed by atoms with Gasteiger partial charge in [-0.25, -0.2) is 4.98 Å². The van der Waals surface area contributed by atoms with Gasteiger partial charge in [0, 0.05) is 25.2 Å². The van der Waals surface area contributed by atoms with Crippen molar-refractivity contribution in [1.29, 1.82) is 0 Å². The zero-order valence-electron chi connectivity index (χ0n) is 11.6. The van der Waals surface area contributed by atoms with Crippen LogP contribution in [0.25, 0.3) is 21.7 Å². The SMILES string of the molecule is CN1CCNCC1c1noc(-c2ccc3ncsc3c2)n1. The van der Waals surface area contributed by atoms with Crippen molar-refractivity contribution in [1.82, 2.24) is 25.3 Å². The van der Waals surface area contributed by atoms with Crippen molar-refractivity contribution in [2.45, 2.75) is 6.04 Å². The number of piperazine rings is 1. The number of nitrogens with one attached hydrogen (secondary N) is 1. The van der Waals surface area contributed by atoms with Crippen molar-refractivity contribution in [3.8, 4) is 11.5 Å². The summed E-state index contributed by atoms with van der Waals surface area (Å²) < 4.78 is 6.57. The van der Waals surface area contributed by atoms with E-state index in [1.165, 1.54) is 0 Å². The third-order valence-corrected chi connectivity index (χ3v) is 4.62. The Kier molecular flexibility index (Phi) is 3.17. The Labute approximate surface area is 125 Å². The molecular formula is C14H15N5OS. The number of rotatable bonds is 2. The van der Waals surface area contributed by atoms with Crippen LogP contribution in [0.3, 0.4) is 0 Å². The summed E-state index contributed by atoms with van der Waals surface area (Å²) in [6.07, 6.45) is 0. The van der Waals surface area contributed by atoms with Crippen LogP contribution in [0.4, 0.5) is 0 Å². The predicted molar refractivity (Wildman–Crippen MR) is 81.2 cm³/mol. The molecule has 0 spiro atoms. The van der Waals surface area contributed by atoms with Crippen molar-refractivity contribution < 1.29 is 4.52 Å². The van der Waals surface area contributed by atoms with Crippen molar-refractivity contribution in [3.63, 3.8) is 0 Å². The Morgan fingerprint density at radius 2 is 2.38 bits per heavy atom. The van der Waals surface area contributed by atoms with E-state index in [1.807, 2.05) is 23.7 Å². The van der Waals surface area contributed by atoms with E-state index in [1.54, 1.807) is 11.3 Å². The van der Waals surface area contributed by atoms with E-state index in [2.05, 4.69) is 32.4 Å².